The largest absolute Gasteiger partial charge is 0.242 e. The van der Waals surface area contributed by atoms with Crippen LogP contribution in [-0.2, 0) is 21.8 Å². The van der Waals surface area contributed by atoms with E-state index in [9.17, 15) is 4.21 Å². The van der Waals surface area contributed by atoms with E-state index in [0.717, 1.165) is 35.5 Å². The number of benzene rings is 2. The second-order valence-corrected chi connectivity index (χ2v) is 26.2. The first-order valence-electron chi connectivity index (χ1n) is 20.4. The Morgan fingerprint density at radius 1 is 0.673 bits per heavy atom. The molecule has 266 valence electrons. The maximum Gasteiger partial charge on any atom is 0.0979 e. The molecule has 9 aliphatic rings. The van der Waals surface area contributed by atoms with Crippen LogP contribution in [0.1, 0.15) is 167 Å². The molecule has 9 aliphatic carbocycles. The van der Waals surface area contributed by atoms with E-state index in [1.807, 2.05) is 0 Å². The number of hydrogen-bond donors (Lipinski definition) is 1. The lowest BCUT2D eigenvalue weighted by molar-refractivity contribution is 0.0195. The van der Waals surface area contributed by atoms with Crippen molar-refractivity contribution in [3.8, 4) is 0 Å². The number of rotatable bonds is 7. The summed E-state index contributed by atoms with van der Waals surface area (Å²) >= 11 is 0. The normalized spacial score (nSPS) is 39.8. The van der Waals surface area contributed by atoms with Crippen molar-refractivity contribution in [1.82, 2.24) is 4.72 Å². The minimum Gasteiger partial charge on any atom is -0.242 e. The molecular formula is C45H64NOPS. The summed E-state index contributed by atoms with van der Waals surface area (Å²) in [4.78, 5) is 0. The van der Waals surface area contributed by atoms with E-state index < -0.39 is 11.0 Å². The van der Waals surface area contributed by atoms with Gasteiger partial charge in [0.1, 0.15) is 0 Å². The molecule has 8 bridgehead atoms. The molecule has 4 heteroatoms. The van der Waals surface area contributed by atoms with Crippen LogP contribution in [0.4, 0.5) is 0 Å². The van der Waals surface area contributed by atoms with Crippen LogP contribution in [0.25, 0.3) is 0 Å². The summed E-state index contributed by atoms with van der Waals surface area (Å²) in [5.74, 6) is 5.78. The average Bonchev–Trinajstić information content (AvgIpc) is 3.00. The van der Waals surface area contributed by atoms with E-state index in [0.29, 0.717) is 10.3 Å². The zero-order valence-electron chi connectivity index (χ0n) is 31.7. The molecule has 0 spiro atoms. The highest BCUT2D eigenvalue weighted by Gasteiger charge is 2.63. The zero-order chi connectivity index (χ0) is 34.1. The minimum atomic E-state index is -1.19. The van der Waals surface area contributed by atoms with Gasteiger partial charge in [0.15, 0.2) is 0 Å². The second kappa shape index (κ2) is 11.5. The Morgan fingerprint density at radius 2 is 1.12 bits per heavy atom. The molecule has 11 rings (SSSR count). The lowest BCUT2D eigenvalue weighted by Gasteiger charge is -2.67. The van der Waals surface area contributed by atoms with Gasteiger partial charge >= 0.3 is 0 Å². The van der Waals surface area contributed by atoms with Crippen molar-refractivity contribution in [3.63, 3.8) is 0 Å². The Kier molecular flexibility index (Phi) is 7.92. The number of fused-ring (bicyclic) bond motifs is 1. The molecule has 1 N–H and O–H groups in total. The van der Waals surface area contributed by atoms with Gasteiger partial charge in [0.05, 0.1) is 21.8 Å². The van der Waals surface area contributed by atoms with E-state index in [1.165, 1.54) is 112 Å². The van der Waals surface area contributed by atoms with Gasteiger partial charge in [-0.15, -0.1) is 0 Å². The quantitative estimate of drug-likeness (QED) is 0.287. The predicted octanol–water partition coefficient (Wildman–Crippen LogP) is 11.2. The summed E-state index contributed by atoms with van der Waals surface area (Å²) in [6.45, 7) is 16.2. The van der Waals surface area contributed by atoms with Gasteiger partial charge in [-0.3, -0.25) is 0 Å². The van der Waals surface area contributed by atoms with Crippen LogP contribution in [-0.4, -0.2) is 19.3 Å². The van der Waals surface area contributed by atoms with E-state index >= 15 is 0 Å². The average molecular weight is 698 g/mol. The molecule has 8 fully saturated rings. The third-order valence-corrected chi connectivity index (χ3v) is 20.9. The van der Waals surface area contributed by atoms with E-state index in [-0.39, 0.29) is 29.5 Å². The summed E-state index contributed by atoms with van der Waals surface area (Å²) < 4.78 is 17.8. The Labute approximate surface area is 302 Å². The van der Waals surface area contributed by atoms with Gasteiger partial charge in [-0.2, -0.15) is 0 Å². The highest BCUT2D eigenvalue weighted by Crippen LogP contribution is 2.78. The third kappa shape index (κ3) is 5.63. The van der Waals surface area contributed by atoms with Gasteiger partial charge in [0, 0.05) is 0 Å². The van der Waals surface area contributed by atoms with Crippen molar-refractivity contribution < 1.29 is 4.21 Å². The van der Waals surface area contributed by atoms with Crippen molar-refractivity contribution in [1.29, 1.82) is 0 Å². The minimum absolute atomic E-state index is 0.0739. The number of hydrogen-bond acceptors (Lipinski definition) is 1. The molecular weight excluding hydrogens is 634 g/mol. The molecule has 2 atom stereocenters. The molecule has 8 saturated carbocycles. The first-order chi connectivity index (χ1) is 23.1. The molecule has 0 radical (unpaired) electrons. The van der Waals surface area contributed by atoms with Gasteiger partial charge in [-0.05, 0) is 195 Å². The van der Waals surface area contributed by atoms with Crippen molar-refractivity contribution in [3.05, 3.63) is 64.7 Å². The smallest absolute Gasteiger partial charge is 0.0979 e. The topological polar surface area (TPSA) is 29.1 Å². The maximum atomic E-state index is 14.3. The molecule has 49 heavy (non-hydrogen) atoms. The molecule has 0 aliphatic heterocycles. The van der Waals surface area contributed by atoms with Crippen LogP contribution in [0.3, 0.4) is 0 Å². The van der Waals surface area contributed by atoms with E-state index in [2.05, 4.69) is 95.7 Å². The van der Waals surface area contributed by atoms with Crippen LogP contribution < -0.4 is 10.0 Å². The van der Waals surface area contributed by atoms with Crippen molar-refractivity contribution in [2.24, 2.45) is 35.5 Å². The Balaban J connectivity index is 1.23. The van der Waals surface area contributed by atoms with Crippen molar-refractivity contribution in [2.75, 3.05) is 0 Å². The standard InChI is InChI=1S/C45H64NOPS/c1-41(2,3)49(47)46-40(35-12-13-37-38(22-35)43(6,7)15-14-42(37,4)5)36-10-8-9-11-39(36)48(44-23-29-16-30(24-44)18-31(17-29)25-44)45-26-32-19-33(27-45)21-34(20-32)28-45/h8-13,22,29-34,40,46H,14-21,23-28H2,1-7H3/t29?,30?,31?,32?,33?,34?,40-,44?,45?,48?,49+/m0/s1. The fourth-order valence-corrected chi connectivity index (χ4v) is 20.2. The first-order valence-corrected chi connectivity index (χ1v) is 22.8. The van der Waals surface area contributed by atoms with Gasteiger partial charge in [-0.1, -0.05) is 78.1 Å². The van der Waals surface area contributed by atoms with Crippen LogP contribution in [0.2, 0.25) is 0 Å². The Hall–Kier alpha value is -1.02. The van der Waals surface area contributed by atoms with E-state index in [4.69, 9.17) is 0 Å². The zero-order valence-corrected chi connectivity index (χ0v) is 33.5. The molecule has 2 nitrogen and oxygen atoms in total. The predicted molar refractivity (Wildman–Crippen MR) is 209 cm³/mol. The number of nitrogens with one attached hydrogen (secondary N) is 1. The van der Waals surface area contributed by atoms with Crippen molar-refractivity contribution in [2.45, 2.75) is 170 Å². The van der Waals surface area contributed by atoms with Crippen LogP contribution in [0.15, 0.2) is 42.5 Å². The van der Waals surface area contributed by atoms with Gasteiger partial charge in [-0.25, -0.2) is 8.93 Å². The first kappa shape index (κ1) is 33.8. The molecule has 0 aromatic heterocycles. The Morgan fingerprint density at radius 3 is 1.59 bits per heavy atom. The fraction of sp³-hybridized carbons (Fsp3) is 0.733. The summed E-state index contributed by atoms with van der Waals surface area (Å²) in [6, 6.07) is 17.2. The highest BCUT2D eigenvalue weighted by molar-refractivity contribution is 7.84. The summed E-state index contributed by atoms with van der Waals surface area (Å²) in [5.41, 5.74) is 6.13. The van der Waals surface area contributed by atoms with Crippen LogP contribution in [0.5, 0.6) is 0 Å². The molecule has 0 amide bonds. The lowest BCUT2D eigenvalue weighted by Crippen LogP contribution is -2.58. The van der Waals surface area contributed by atoms with Gasteiger partial charge in [0.2, 0.25) is 0 Å². The fourth-order valence-electron chi connectivity index (χ4n) is 14.0. The molecule has 2 aromatic rings. The molecule has 0 saturated heterocycles. The molecule has 0 heterocycles. The highest BCUT2D eigenvalue weighted by atomic mass is 32.2. The van der Waals surface area contributed by atoms with Gasteiger partial charge < -0.3 is 0 Å². The summed E-state index contributed by atoms with van der Waals surface area (Å²) in [6.07, 6.45) is 20.5. The summed E-state index contributed by atoms with van der Waals surface area (Å²) in [5, 5.41) is 2.71. The molecule has 0 unspecified atom stereocenters. The van der Waals surface area contributed by atoms with Crippen LogP contribution in [0, 0.1) is 35.5 Å². The third-order valence-electron chi connectivity index (χ3n) is 15.4. The second-order valence-electron chi connectivity index (χ2n) is 21.2. The monoisotopic (exact) mass is 697 g/mol. The SMILES string of the molecule is CC1(C)CCC(C)(C)c2cc([C@H](N[S@](=O)C(C)(C)C)c3ccccc3P(C34CC5CC(CC(C5)C3)C4)C34CC5CC(CC(C5)C3)C4)ccc21. The van der Waals surface area contributed by atoms with Gasteiger partial charge in [0.25, 0.3) is 0 Å². The van der Waals surface area contributed by atoms with Crippen molar-refractivity contribution >= 4 is 24.2 Å². The lowest BCUT2D eigenvalue weighted by atomic mass is 9.55. The summed E-state index contributed by atoms with van der Waals surface area (Å²) in [7, 11) is -1.57. The van der Waals surface area contributed by atoms with Crippen LogP contribution >= 0.6 is 7.92 Å². The Bertz CT molecular complexity index is 1530. The maximum absolute atomic E-state index is 14.3. The van der Waals surface area contributed by atoms with E-state index in [1.54, 1.807) is 5.30 Å². The molecule has 2 aromatic carbocycles.